The van der Waals surface area contributed by atoms with Crippen molar-refractivity contribution in [1.29, 1.82) is 0 Å². The number of nitrogens with one attached hydrogen (secondary N) is 1. The van der Waals surface area contributed by atoms with E-state index in [1.165, 1.54) is 15.4 Å². The van der Waals surface area contributed by atoms with Crippen molar-refractivity contribution < 1.29 is 0 Å². The molecule has 0 atom stereocenters. The van der Waals surface area contributed by atoms with Gasteiger partial charge in [-0.2, -0.15) is 0 Å². The second-order valence-corrected chi connectivity index (χ2v) is 10.4. The molecule has 0 aliphatic rings. The predicted molar refractivity (Wildman–Crippen MR) is 156 cm³/mol. The lowest BCUT2D eigenvalue weighted by molar-refractivity contribution is 0.630. The third-order valence-electron chi connectivity index (χ3n) is 6.93. The lowest BCUT2D eigenvalue weighted by atomic mass is 10.0. The molecule has 0 unspecified atom stereocenters. The first kappa shape index (κ1) is 23.2. The molecule has 0 fully saturated rings. The van der Waals surface area contributed by atoms with Crippen LogP contribution in [0.2, 0.25) is 0 Å². The summed E-state index contributed by atoms with van der Waals surface area (Å²) in [7, 11) is 1.92. The molecule has 182 valence electrons. The lowest BCUT2D eigenvalue weighted by Gasteiger charge is -2.17. The molecule has 0 aliphatic carbocycles. The van der Waals surface area contributed by atoms with Gasteiger partial charge in [0.25, 0.3) is 5.56 Å². The number of fused-ring (bicyclic) bond motifs is 2. The molecule has 0 saturated heterocycles. The zero-order chi connectivity index (χ0) is 25.5. The Labute approximate surface area is 220 Å². The van der Waals surface area contributed by atoms with Gasteiger partial charge in [-0.1, -0.05) is 96.2 Å². The molecule has 0 spiro atoms. The Morgan fingerprint density at radius 3 is 1.78 bits per heavy atom. The monoisotopic (exact) mass is 501 g/mol. The van der Waals surface area contributed by atoms with Gasteiger partial charge in [0, 0.05) is 27.6 Å². The molecule has 6 aromatic rings. The summed E-state index contributed by atoms with van der Waals surface area (Å²) in [4.78, 5) is 16.1. The summed E-state index contributed by atoms with van der Waals surface area (Å²) in [6.07, 6.45) is 0. The SMILES string of the molecule is Cc1ccc(Sc2c3ccccc3c(Nc3c(C)n(C)n(-c4ccccc4)c3=O)c3ccccc23)cc1. The smallest absolute Gasteiger partial charge is 0.295 e. The van der Waals surface area contributed by atoms with Gasteiger partial charge >= 0.3 is 0 Å². The van der Waals surface area contributed by atoms with Crippen LogP contribution in [0.5, 0.6) is 0 Å². The van der Waals surface area contributed by atoms with Crippen molar-refractivity contribution in [3.63, 3.8) is 0 Å². The number of rotatable bonds is 5. The second-order valence-electron chi connectivity index (χ2n) is 9.27. The van der Waals surface area contributed by atoms with E-state index in [0.29, 0.717) is 5.69 Å². The summed E-state index contributed by atoms with van der Waals surface area (Å²) in [5.41, 5.74) is 4.42. The standard InChI is InChI=1S/C32H27N3OS/c1-21-17-19-24(20-18-21)37-31-27-15-9-7-13-25(27)30(26-14-8-10-16-28(26)31)33-29-22(2)34(3)35(32(29)36)23-11-5-4-6-12-23/h4-20,33H,1-3H3. The zero-order valence-electron chi connectivity index (χ0n) is 21.0. The van der Waals surface area contributed by atoms with Crippen molar-refractivity contribution in [1.82, 2.24) is 9.36 Å². The van der Waals surface area contributed by atoms with E-state index in [1.807, 2.05) is 49.0 Å². The molecular formula is C32H27N3OS. The van der Waals surface area contributed by atoms with E-state index in [1.54, 1.807) is 16.4 Å². The van der Waals surface area contributed by atoms with Crippen LogP contribution >= 0.6 is 11.8 Å². The number of aryl methyl sites for hydroxylation is 1. The maximum atomic E-state index is 13.7. The number of hydrogen-bond donors (Lipinski definition) is 1. The highest BCUT2D eigenvalue weighted by Gasteiger charge is 2.20. The lowest BCUT2D eigenvalue weighted by Crippen LogP contribution is -2.20. The third kappa shape index (κ3) is 4.02. The topological polar surface area (TPSA) is 39.0 Å². The van der Waals surface area contributed by atoms with E-state index >= 15 is 0 Å². The first-order chi connectivity index (χ1) is 18.0. The molecule has 0 saturated carbocycles. The summed E-state index contributed by atoms with van der Waals surface area (Å²) in [6, 6.07) is 35.3. The van der Waals surface area contributed by atoms with Gasteiger partial charge in [0.15, 0.2) is 0 Å². The molecule has 6 rings (SSSR count). The molecule has 5 heteroatoms. The third-order valence-corrected chi connectivity index (χ3v) is 8.08. The molecule has 1 heterocycles. The number of hydrogen-bond acceptors (Lipinski definition) is 3. The van der Waals surface area contributed by atoms with E-state index < -0.39 is 0 Å². The van der Waals surface area contributed by atoms with Crippen LogP contribution in [0.25, 0.3) is 27.2 Å². The molecule has 0 bridgehead atoms. The fourth-order valence-corrected chi connectivity index (χ4v) is 5.98. The molecular weight excluding hydrogens is 474 g/mol. The van der Waals surface area contributed by atoms with E-state index in [2.05, 4.69) is 85.0 Å². The van der Waals surface area contributed by atoms with Crippen molar-refractivity contribution in [3.05, 3.63) is 125 Å². The van der Waals surface area contributed by atoms with E-state index in [4.69, 9.17) is 0 Å². The van der Waals surface area contributed by atoms with Crippen LogP contribution < -0.4 is 10.9 Å². The highest BCUT2D eigenvalue weighted by molar-refractivity contribution is 7.99. The molecule has 0 aliphatic heterocycles. The average molecular weight is 502 g/mol. The Hall–Kier alpha value is -4.22. The summed E-state index contributed by atoms with van der Waals surface area (Å²) in [5.74, 6) is 0. The predicted octanol–water partition coefficient (Wildman–Crippen LogP) is 7.99. The van der Waals surface area contributed by atoms with Crippen LogP contribution in [0.1, 0.15) is 11.3 Å². The van der Waals surface area contributed by atoms with Crippen LogP contribution in [0.15, 0.2) is 118 Å². The first-order valence-corrected chi connectivity index (χ1v) is 13.1. The highest BCUT2D eigenvalue weighted by Crippen LogP contribution is 2.44. The van der Waals surface area contributed by atoms with Gasteiger partial charge in [-0.05, 0) is 48.9 Å². The number of aromatic nitrogens is 2. The minimum absolute atomic E-state index is 0.0718. The van der Waals surface area contributed by atoms with Crippen LogP contribution in [0.4, 0.5) is 11.4 Å². The van der Waals surface area contributed by atoms with E-state index in [0.717, 1.165) is 38.6 Å². The molecule has 37 heavy (non-hydrogen) atoms. The van der Waals surface area contributed by atoms with Gasteiger partial charge in [-0.3, -0.25) is 9.48 Å². The molecule has 4 nitrogen and oxygen atoms in total. The highest BCUT2D eigenvalue weighted by atomic mass is 32.2. The van der Waals surface area contributed by atoms with Crippen LogP contribution in [-0.4, -0.2) is 9.36 Å². The molecule has 0 amide bonds. The van der Waals surface area contributed by atoms with Crippen molar-refractivity contribution in [2.75, 3.05) is 5.32 Å². The maximum absolute atomic E-state index is 13.7. The van der Waals surface area contributed by atoms with Crippen LogP contribution in [0.3, 0.4) is 0 Å². The Balaban J connectivity index is 1.56. The normalized spacial score (nSPS) is 11.3. The van der Waals surface area contributed by atoms with Gasteiger partial charge in [-0.25, -0.2) is 4.68 Å². The van der Waals surface area contributed by atoms with E-state index in [-0.39, 0.29) is 5.56 Å². The summed E-state index contributed by atoms with van der Waals surface area (Å²) in [5, 5.41) is 8.09. The number of para-hydroxylation sites is 1. The summed E-state index contributed by atoms with van der Waals surface area (Å²) >= 11 is 1.78. The quantitative estimate of drug-likeness (QED) is 0.243. The molecule has 1 N–H and O–H groups in total. The minimum atomic E-state index is -0.0718. The van der Waals surface area contributed by atoms with Crippen LogP contribution in [0, 0.1) is 13.8 Å². The molecule has 5 aromatic carbocycles. The Morgan fingerprint density at radius 1 is 0.649 bits per heavy atom. The minimum Gasteiger partial charge on any atom is -0.348 e. The Bertz CT molecular complexity index is 1760. The number of nitrogens with zero attached hydrogens (tertiary/aromatic N) is 2. The average Bonchev–Trinajstić information content (AvgIpc) is 3.14. The number of benzene rings is 5. The van der Waals surface area contributed by atoms with Gasteiger partial charge in [0.05, 0.1) is 17.1 Å². The number of anilines is 2. The summed E-state index contributed by atoms with van der Waals surface area (Å²) < 4.78 is 3.62. The molecule has 0 radical (unpaired) electrons. The Morgan fingerprint density at radius 2 is 1.19 bits per heavy atom. The first-order valence-electron chi connectivity index (χ1n) is 12.3. The van der Waals surface area contributed by atoms with Crippen LogP contribution in [-0.2, 0) is 7.05 Å². The van der Waals surface area contributed by atoms with Crippen molar-refractivity contribution in [3.8, 4) is 5.69 Å². The summed E-state index contributed by atoms with van der Waals surface area (Å²) in [6.45, 7) is 4.09. The van der Waals surface area contributed by atoms with Crippen molar-refractivity contribution in [2.24, 2.45) is 7.05 Å². The van der Waals surface area contributed by atoms with Crippen molar-refractivity contribution in [2.45, 2.75) is 23.6 Å². The van der Waals surface area contributed by atoms with E-state index in [9.17, 15) is 4.79 Å². The largest absolute Gasteiger partial charge is 0.348 e. The van der Waals surface area contributed by atoms with Gasteiger partial charge in [-0.15, -0.1) is 0 Å². The fourth-order valence-electron chi connectivity index (χ4n) is 4.89. The second kappa shape index (κ2) is 9.34. The molecule has 1 aromatic heterocycles. The zero-order valence-corrected chi connectivity index (χ0v) is 21.8. The van der Waals surface area contributed by atoms with Gasteiger partial charge < -0.3 is 5.32 Å². The Kier molecular flexibility index (Phi) is 5.85. The van der Waals surface area contributed by atoms with Crippen molar-refractivity contribution >= 4 is 44.7 Å². The fraction of sp³-hybridized carbons (Fsp3) is 0.0938. The maximum Gasteiger partial charge on any atom is 0.295 e. The van der Waals surface area contributed by atoms with Gasteiger partial charge in [0.2, 0.25) is 0 Å². The van der Waals surface area contributed by atoms with Gasteiger partial charge in [0.1, 0.15) is 5.69 Å².